The van der Waals surface area contributed by atoms with Crippen LogP contribution in [0.1, 0.15) is 19.4 Å². The van der Waals surface area contributed by atoms with Gasteiger partial charge in [0.05, 0.1) is 0 Å². The van der Waals surface area contributed by atoms with E-state index in [0.717, 1.165) is 10.0 Å². The Morgan fingerprint density at radius 1 is 1.45 bits per heavy atom. The average Bonchev–Trinajstić information content (AvgIpc) is 2.08. The average molecular weight is 237 g/mol. The van der Waals surface area contributed by atoms with E-state index in [2.05, 4.69) is 20.9 Å². The summed E-state index contributed by atoms with van der Waals surface area (Å²) in [4.78, 5) is 3.92. The lowest BCUT2D eigenvalue weighted by atomic mass is 10.3. The lowest BCUT2D eigenvalue weighted by Crippen LogP contribution is -1.78. The number of hydrogen-bond donors (Lipinski definition) is 0. The van der Waals surface area contributed by atoms with E-state index in [1.165, 1.54) is 0 Å². The first-order chi connectivity index (χ1) is 5.33. The Kier molecular flexibility index (Phi) is 6.57. The molecule has 1 heterocycles. The molecule has 0 spiro atoms. The third-order valence-corrected chi connectivity index (χ3v) is 1.66. The SMILES string of the molecule is CC.ClCc1cncc(Br)c1. The van der Waals surface area contributed by atoms with Crippen LogP contribution in [-0.4, -0.2) is 4.98 Å². The molecule has 1 nitrogen and oxygen atoms in total. The molecule has 0 unspecified atom stereocenters. The minimum Gasteiger partial charge on any atom is -0.263 e. The minimum atomic E-state index is 0.520. The topological polar surface area (TPSA) is 12.9 Å². The van der Waals surface area contributed by atoms with Gasteiger partial charge >= 0.3 is 0 Å². The van der Waals surface area contributed by atoms with Gasteiger partial charge in [-0.15, -0.1) is 11.6 Å². The van der Waals surface area contributed by atoms with Crippen molar-refractivity contribution in [2.24, 2.45) is 0 Å². The van der Waals surface area contributed by atoms with E-state index in [0.29, 0.717) is 5.88 Å². The van der Waals surface area contributed by atoms with E-state index in [-0.39, 0.29) is 0 Å². The van der Waals surface area contributed by atoms with Crippen LogP contribution in [0.5, 0.6) is 0 Å². The summed E-state index contributed by atoms with van der Waals surface area (Å²) in [5.41, 5.74) is 1.03. The largest absolute Gasteiger partial charge is 0.263 e. The van der Waals surface area contributed by atoms with Crippen LogP contribution in [0.3, 0.4) is 0 Å². The molecule has 0 aromatic carbocycles. The highest BCUT2D eigenvalue weighted by Gasteiger charge is 1.89. The molecule has 0 atom stereocenters. The first-order valence-corrected chi connectivity index (χ1v) is 4.81. The molecule has 0 radical (unpaired) electrons. The van der Waals surface area contributed by atoms with Crippen LogP contribution in [0.2, 0.25) is 0 Å². The second-order valence-electron chi connectivity index (χ2n) is 1.65. The van der Waals surface area contributed by atoms with Gasteiger partial charge in [-0.2, -0.15) is 0 Å². The lowest BCUT2D eigenvalue weighted by molar-refractivity contribution is 1.23. The predicted octanol–water partition coefficient (Wildman–Crippen LogP) is 3.61. The molecule has 3 heteroatoms. The number of halogens is 2. The van der Waals surface area contributed by atoms with Crippen LogP contribution in [0.25, 0.3) is 0 Å². The van der Waals surface area contributed by atoms with Gasteiger partial charge in [0.2, 0.25) is 0 Å². The Morgan fingerprint density at radius 2 is 2.09 bits per heavy atom. The van der Waals surface area contributed by atoms with Gasteiger partial charge in [0.1, 0.15) is 0 Å². The molecule has 0 aliphatic heterocycles. The van der Waals surface area contributed by atoms with E-state index >= 15 is 0 Å². The maximum atomic E-state index is 5.54. The number of aromatic nitrogens is 1. The van der Waals surface area contributed by atoms with Crippen molar-refractivity contribution < 1.29 is 0 Å². The van der Waals surface area contributed by atoms with E-state index in [1.807, 2.05) is 19.9 Å². The van der Waals surface area contributed by atoms with Gasteiger partial charge in [0, 0.05) is 22.7 Å². The third-order valence-electron chi connectivity index (χ3n) is 0.916. The summed E-state index contributed by atoms with van der Waals surface area (Å²) in [5, 5.41) is 0. The number of hydrogen-bond acceptors (Lipinski definition) is 1. The van der Waals surface area contributed by atoms with Gasteiger partial charge in [-0.05, 0) is 27.6 Å². The number of pyridine rings is 1. The number of alkyl halides is 1. The summed E-state index contributed by atoms with van der Waals surface area (Å²) in [7, 11) is 0. The zero-order chi connectivity index (χ0) is 8.69. The smallest absolute Gasteiger partial charge is 0.0489 e. The van der Waals surface area contributed by atoms with Crippen molar-refractivity contribution in [3.8, 4) is 0 Å². The fourth-order valence-electron chi connectivity index (χ4n) is 0.529. The molecule has 1 aromatic heterocycles. The maximum absolute atomic E-state index is 5.54. The summed E-state index contributed by atoms with van der Waals surface area (Å²) < 4.78 is 0.973. The molecule has 0 aliphatic carbocycles. The standard InChI is InChI=1S/C6H5BrClN.C2H6/c7-6-1-5(2-8)3-9-4-6;1-2/h1,3-4H,2H2;1-2H3. The fraction of sp³-hybridized carbons (Fsp3) is 0.375. The molecule has 0 aliphatic rings. The monoisotopic (exact) mass is 235 g/mol. The van der Waals surface area contributed by atoms with E-state index < -0.39 is 0 Å². The molecule has 62 valence electrons. The summed E-state index contributed by atoms with van der Waals surface area (Å²) in [6.07, 6.45) is 3.48. The summed E-state index contributed by atoms with van der Waals surface area (Å²) >= 11 is 8.82. The van der Waals surface area contributed by atoms with Gasteiger partial charge in [-0.3, -0.25) is 4.98 Å². The van der Waals surface area contributed by atoms with Crippen LogP contribution in [-0.2, 0) is 5.88 Å². The van der Waals surface area contributed by atoms with E-state index in [9.17, 15) is 0 Å². The zero-order valence-corrected chi connectivity index (χ0v) is 8.98. The van der Waals surface area contributed by atoms with Crippen molar-refractivity contribution in [3.63, 3.8) is 0 Å². The molecule has 1 rings (SSSR count). The lowest BCUT2D eigenvalue weighted by Gasteiger charge is -1.92. The molecule has 1 aromatic rings. The van der Waals surface area contributed by atoms with Crippen molar-refractivity contribution in [2.75, 3.05) is 0 Å². The van der Waals surface area contributed by atoms with Crippen molar-refractivity contribution in [3.05, 3.63) is 28.5 Å². The normalized spacial score (nSPS) is 8.36. The van der Waals surface area contributed by atoms with Crippen molar-refractivity contribution >= 4 is 27.5 Å². The molecule has 0 saturated carbocycles. The highest BCUT2D eigenvalue weighted by Crippen LogP contribution is 2.10. The zero-order valence-electron chi connectivity index (χ0n) is 6.64. The van der Waals surface area contributed by atoms with Gasteiger partial charge in [-0.1, -0.05) is 13.8 Å². The van der Waals surface area contributed by atoms with Crippen molar-refractivity contribution in [2.45, 2.75) is 19.7 Å². The highest BCUT2D eigenvalue weighted by molar-refractivity contribution is 9.10. The Labute approximate surface area is 80.9 Å². The van der Waals surface area contributed by atoms with Crippen LogP contribution in [0, 0.1) is 0 Å². The minimum absolute atomic E-state index is 0.520. The Balaban J connectivity index is 0.000000461. The van der Waals surface area contributed by atoms with Crippen molar-refractivity contribution in [1.29, 1.82) is 0 Å². The molecular formula is C8H11BrClN. The fourth-order valence-corrected chi connectivity index (χ4v) is 1.09. The van der Waals surface area contributed by atoms with Crippen LogP contribution >= 0.6 is 27.5 Å². The first-order valence-electron chi connectivity index (χ1n) is 3.48. The quantitative estimate of drug-likeness (QED) is 0.679. The van der Waals surface area contributed by atoms with Crippen LogP contribution < -0.4 is 0 Å². The van der Waals surface area contributed by atoms with Gasteiger partial charge in [0.25, 0.3) is 0 Å². The number of rotatable bonds is 1. The van der Waals surface area contributed by atoms with Gasteiger partial charge in [0.15, 0.2) is 0 Å². The Morgan fingerprint density at radius 3 is 2.45 bits per heavy atom. The number of nitrogens with zero attached hydrogens (tertiary/aromatic N) is 1. The molecule has 0 amide bonds. The molecule has 0 N–H and O–H groups in total. The molecule has 0 saturated heterocycles. The van der Waals surface area contributed by atoms with E-state index in [4.69, 9.17) is 11.6 Å². The van der Waals surface area contributed by atoms with Gasteiger partial charge < -0.3 is 0 Å². The molecule has 11 heavy (non-hydrogen) atoms. The highest BCUT2D eigenvalue weighted by atomic mass is 79.9. The Hall–Kier alpha value is -0.0800. The second-order valence-corrected chi connectivity index (χ2v) is 2.83. The molecule has 0 fully saturated rings. The summed E-state index contributed by atoms with van der Waals surface area (Å²) in [5.74, 6) is 0.520. The second kappa shape index (κ2) is 6.62. The summed E-state index contributed by atoms with van der Waals surface area (Å²) in [6.45, 7) is 4.00. The van der Waals surface area contributed by atoms with E-state index in [1.54, 1.807) is 12.4 Å². The van der Waals surface area contributed by atoms with Crippen molar-refractivity contribution in [1.82, 2.24) is 4.98 Å². The van der Waals surface area contributed by atoms with Crippen LogP contribution in [0.15, 0.2) is 22.9 Å². The maximum Gasteiger partial charge on any atom is 0.0489 e. The van der Waals surface area contributed by atoms with Crippen LogP contribution in [0.4, 0.5) is 0 Å². The third kappa shape index (κ3) is 4.38. The summed E-state index contributed by atoms with van der Waals surface area (Å²) in [6, 6.07) is 1.94. The Bertz CT molecular complexity index is 203. The predicted molar refractivity (Wildman–Crippen MR) is 52.8 cm³/mol. The first kappa shape index (κ1) is 10.9. The van der Waals surface area contributed by atoms with Gasteiger partial charge in [-0.25, -0.2) is 0 Å². The molecule has 0 bridgehead atoms. The molecular weight excluding hydrogens is 225 g/mol.